The molecule has 30 heavy (non-hydrogen) atoms. The molecule has 0 saturated carbocycles. The van der Waals surface area contributed by atoms with Gasteiger partial charge in [0.05, 0.1) is 28.2 Å². The molecular formula is C19H20ClF3N2O4S. The molecule has 0 aliphatic heterocycles. The highest BCUT2D eigenvalue weighted by Gasteiger charge is 2.31. The summed E-state index contributed by atoms with van der Waals surface area (Å²) in [5.41, 5.74) is -0.719. The summed E-state index contributed by atoms with van der Waals surface area (Å²) in [7, 11) is -2.03. The van der Waals surface area contributed by atoms with E-state index in [1.54, 1.807) is 6.92 Å². The number of halogens is 4. The summed E-state index contributed by atoms with van der Waals surface area (Å²) in [6, 6.07) is 8.62. The van der Waals surface area contributed by atoms with Crippen LogP contribution < -0.4 is 14.4 Å². The second-order valence-electron chi connectivity index (χ2n) is 6.42. The minimum absolute atomic E-state index is 0.0423. The molecule has 0 aromatic heterocycles. The molecule has 0 bridgehead atoms. The number of alkyl halides is 3. The fourth-order valence-electron chi connectivity index (χ4n) is 2.42. The monoisotopic (exact) mass is 464 g/mol. The normalized spacial score (nSPS) is 12.9. The molecule has 2 rings (SSSR count). The van der Waals surface area contributed by atoms with Crippen molar-refractivity contribution in [2.24, 2.45) is 0 Å². The Bertz CT molecular complexity index is 1010. The molecule has 0 unspecified atom stereocenters. The highest BCUT2D eigenvalue weighted by molar-refractivity contribution is 7.92. The van der Waals surface area contributed by atoms with Crippen molar-refractivity contribution in [1.29, 1.82) is 0 Å². The van der Waals surface area contributed by atoms with Crippen molar-refractivity contribution in [2.75, 3.05) is 22.9 Å². The second-order valence-corrected chi connectivity index (χ2v) is 8.84. The molecule has 1 atom stereocenters. The third-order valence-electron chi connectivity index (χ3n) is 4.19. The van der Waals surface area contributed by atoms with Gasteiger partial charge in [-0.05, 0) is 48.9 Å². The number of hydrogen-bond donors (Lipinski definition) is 1. The number of hydrogen-bond acceptors (Lipinski definition) is 4. The molecule has 2 aromatic carbocycles. The Hall–Kier alpha value is -2.46. The van der Waals surface area contributed by atoms with Crippen LogP contribution in [0.1, 0.15) is 18.9 Å². The lowest BCUT2D eigenvalue weighted by molar-refractivity contribution is -0.137. The first-order valence-corrected chi connectivity index (χ1v) is 10.9. The molecule has 0 aliphatic rings. The highest BCUT2D eigenvalue weighted by Crippen LogP contribution is 2.34. The van der Waals surface area contributed by atoms with Crippen molar-refractivity contribution in [3.05, 3.63) is 53.1 Å². The van der Waals surface area contributed by atoms with E-state index >= 15 is 0 Å². The molecule has 0 radical (unpaired) electrons. The Morgan fingerprint density at radius 1 is 1.20 bits per heavy atom. The van der Waals surface area contributed by atoms with Gasteiger partial charge in [0.2, 0.25) is 10.0 Å². The molecule has 6 nitrogen and oxygen atoms in total. The van der Waals surface area contributed by atoms with E-state index in [1.807, 2.05) is 0 Å². The molecule has 0 spiro atoms. The van der Waals surface area contributed by atoms with E-state index < -0.39 is 33.8 Å². The molecule has 11 heteroatoms. The number of carbonyl (C=O) groups excluding carboxylic acids is 1. The zero-order chi connectivity index (χ0) is 22.7. The number of ether oxygens (including phenoxy) is 1. The molecule has 0 fully saturated rings. The smallest absolute Gasteiger partial charge is 0.416 e. The van der Waals surface area contributed by atoms with Crippen LogP contribution in [0.2, 0.25) is 5.02 Å². The van der Waals surface area contributed by atoms with Gasteiger partial charge < -0.3 is 10.1 Å². The number of amides is 1. The van der Waals surface area contributed by atoms with E-state index in [-0.39, 0.29) is 22.9 Å². The van der Waals surface area contributed by atoms with Gasteiger partial charge in [0.25, 0.3) is 5.91 Å². The molecular weight excluding hydrogens is 445 g/mol. The number of nitrogens with one attached hydrogen (secondary N) is 1. The average molecular weight is 465 g/mol. The van der Waals surface area contributed by atoms with Crippen molar-refractivity contribution >= 4 is 38.9 Å². The lowest BCUT2D eigenvalue weighted by atomic mass is 10.1. The fraction of sp³-hybridized carbons (Fsp3) is 0.316. The van der Waals surface area contributed by atoms with Gasteiger partial charge in [-0.3, -0.25) is 9.10 Å². The Balaban J connectivity index is 2.14. The summed E-state index contributed by atoms with van der Waals surface area (Å²) < 4.78 is 68.5. The average Bonchev–Trinajstić information content (AvgIpc) is 2.66. The van der Waals surface area contributed by atoms with E-state index in [2.05, 4.69) is 5.32 Å². The van der Waals surface area contributed by atoms with E-state index in [1.165, 1.54) is 31.3 Å². The summed E-state index contributed by atoms with van der Waals surface area (Å²) in [5, 5.41) is 2.32. The van der Waals surface area contributed by atoms with Gasteiger partial charge in [-0.2, -0.15) is 13.2 Å². The van der Waals surface area contributed by atoms with Crippen LogP contribution in [0.25, 0.3) is 0 Å². The SMILES string of the molecule is CC[C@@H](Oc1ccc(N(C)S(C)(=O)=O)cc1)C(=O)Nc1cc(C(F)(F)F)ccc1Cl. The third-order valence-corrected chi connectivity index (χ3v) is 5.73. The zero-order valence-electron chi connectivity index (χ0n) is 16.3. The Morgan fingerprint density at radius 3 is 2.30 bits per heavy atom. The zero-order valence-corrected chi connectivity index (χ0v) is 17.9. The molecule has 0 saturated heterocycles. The Morgan fingerprint density at radius 2 is 1.80 bits per heavy atom. The van der Waals surface area contributed by atoms with E-state index in [0.29, 0.717) is 5.69 Å². The van der Waals surface area contributed by atoms with Crippen molar-refractivity contribution < 1.29 is 31.1 Å². The van der Waals surface area contributed by atoms with Gasteiger partial charge in [-0.15, -0.1) is 0 Å². The quantitative estimate of drug-likeness (QED) is 0.652. The number of benzene rings is 2. The van der Waals surface area contributed by atoms with Crippen molar-refractivity contribution in [3.63, 3.8) is 0 Å². The fourth-order valence-corrected chi connectivity index (χ4v) is 3.09. The maximum atomic E-state index is 12.9. The first-order valence-electron chi connectivity index (χ1n) is 8.71. The van der Waals surface area contributed by atoms with Crippen LogP contribution in [0.3, 0.4) is 0 Å². The standard InChI is InChI=1S/C19H20ClF3N2O4S/c1-4-17(29-14-8-6-13(7-9-14)25(2)30(3,27)28)18(26)24-16-11-12(19(21,22)23)5-10-15(16)20/h5-11,17H,4H2,1-3H3,(H,24,26)/t17-/m1/s1. The van der Waals surface area contributed by atoms with Gasteiger partial charge in [0.15, 0.2) is 6.10 Å². The van der Waals surface area contributed by atoms with Crippen LogP contribution in [0, 0.1) is 0 Å². The summed E-state index contributed by atoms with van der Waals surface area (Å²) >= 11 is 5.91. The van der Waals surface area contributed by atoms with Crippen LogP contribution >= 0.6 is 11.6 Å². The topological polar surface area (TPSA) is 75.7 Å². The van der Waals surface area contributed by atoms with Gasteiger partial charge >= 0.3 is 6.18 Å². The lowest BCUT2D eigenvalue weighted by Crippen LogP contribution is -2.32. The largest absolute Gasteiger partial charge is 0.481 e. The van der Waals surface area contributed by atoms with Gasteiger partial charge in [0, 0.05) is 7.05 Å². The minimum atomic E-state index is -4.58. The van der Waals surface area contributed by atoms with Crippen LogP contribution in [0.4, 0.5) is 24.5 Å². The van der Waals surface area contributed by atoms with E-state index in [4.69, 9.17) is 16.3 Å². The molecule has 2 aromatic rings. The van der Waals surface area contributed by atoms with Crippen molar-refractivity contribution in [1.82, 2.24) is 0 Å². The van der Waals surface area contributed by atoms with Crippen molar-refractivity contribution in [3.8, 4) is 5.75 Å². The summed E-state index contributed by atoms with van der Waals surface area (Å²) in [6.45, 7) is 1.67. The number of rotatable bonds is 7. The van der Waals surface area contributed by atoms with E-state index in [9.17, 15) is 26.4 Å². The maximum Gasteiger partial charge on any atom is 0.416 e. The third kappa shape index (κ3) is 6.02. The first-order chi connectivity index (χ1) is 13.8. The molecule has 0 heterocycles. The van der Waals surface area contributed by atoms with E-state index in [0.717, 1.165) is 28.8 Å². The van der Waals surface area contributed by atoms with Gasteiger partial charge in [-0.25, -0.2) is 8.42 Å². The molecule has 164 valence electrons. The minimum Gasteiger partial charge on any atom is -0.481 e. The van der Waals surface area contributed by atoms with Gasteiger partial charge in [0.1, 0.15) is 5.75 Å². The Labute approximate surface area is 177 Å². The number of carbonyl (C=O) groups is 1. The van der Waals surface area contributed by atoms with Crippen LogP contribution in [-0.2, 0) is 21.0 Å². The predicted octanol–water partition coefficient (Wildman–Crippen LogP) is 4.55. The molecule has 0 aliphatic carbocycles. The highest BCUT2D eigenvalue weighted by atomic mass is 35.5. The number of anilines is 2. The maximum absolute atomic E-state index is 12.9. The van der Waals surface area contributed by atoms with Crippen molar-refractivity contribution in [2.45, 2.75) is 25.6 Å². The lowest BCUT2D eigenvalue weighted by Gasteiger charge is -2.20. The van der Waals surface area contributed by atoms with Crippen LogP contribution in [0.15, 0.2) is 42.5 Å². The predicted molar refractivity (Wildman–Crippen MR) is 109 cm³/mol. The summed E-state index contributed by atoms with van der Waals surface area (Å²) in [5.74, 6) is -0.381. The molecule has 1 amide bonds. The van der Waals surface area contributed by atoms with Crippen LogP contribution in [0.5, 0.6) is 5.75 Å². The van der Waals surface area contributed by atoms with Gasteiger partial charge in [-0.1, -0.05) is 18.5 Å². The summed E-state index contributed by atoms with van der Waals surface area (Å²) in [6.07, 6.45) is -4.29. The number of nitrogens with zero attached hydrogens (tertiary/aromatic N) is 1. The Kier molecular flexibility index (Phi) is 7.25. The number of sulfonamides is 1. The summed E-state index contributed by atoms with van der Waals surface area (Å²) in [4.78, 5) is 12.5. The first kappa shape index (κ1) is 23.8. The van der Waals surface area contributed by atoms with Crippen LogP contribution in [-0.4, -0.2) is 33.7 Å². The second kappa shape index (κ2) is 9.13. The molecule has 1 N–H and O–H groups in total.